The number of thiazole rings is 1. The lowest BCUT2D eigenvalue weighted by Gasteiger charge is -2.24. The van der Waals surface area contributed by atoms with Gasteiger partial charge in [-0.3, -0.25) is 9.59 Å². The van der Waals surface area contributed by atoms with Gasteiger partial charge in [-0.1, -0.05) is 23.5 Å². The van der Waals surface area contributed by atoms with Crippen molar-refractivity contribution in [2.75, 3.05) is 5.73 Å². The molecule has 0 saturated carbocycles. The average Bonchev–Trinajstić information content (AvgIpc) is 2.82. The van der Waals surface area contributed by atoms with Crippen molar-refractivity contribution in [1.82, 2.24) is 10.3 Å². The number of benzene rings is 1. The van der Waals surface area contributed by atoms with Gasteiger partial charge in [0.2, 0.25) is 5.91 Å². The van der Waals surface area contributed by atoms with Crippen LogP contribution in [0, 0.1) is 0 Å². The number of rotatable bonds is 4. The molecule has 106 valence electrons. The van der Waals surface area contributed by atoms with Gasteiger partial charge < -0.3 is 16.0 Å². The highest BCUT2D eigenvalue weighted by Crippen LogP contribution is 2.24. The number of anilines is 1. The quantitative estimate of drug-likeness (QED) is 0.748. The van der Waals surface area contributed by atoms with E-state index in [0.717, 1.165) is 16.9 Å². The summed E-state index contributed by atoms with van der Waals surface area (Å²) in [5.74, 6) is -0.102. The Balaban J connectivity index is 2.06. The van der Waals surface area contributed by atoms with Gasteiger partial charge >= 0.3 is 4.87 Å². The minimum absolute atomic E-state index is 0.102. The zero-order valence-corrected chi connectivity index (χ0v) is 12.2. The van der Waals surface area contributed by atoms with E-state index >= 15 is 0 Å². The van der Waals surface area contributed by atoms with Crippen LogP contribution in [-0.4, -0.2) is 10.9 Å². The largest absolute Gasteiger partial charge is 0.399 e. The number of hydrogen-bond acceptors (Lipinski definition) is 4. The molecule has 1 aromatic heterocycles. The second-order valence-electron chi connectivity index (χ2n) is 5.10. The standard InChI is InChI=1S/C14H17N3O2S/c1-14(2,9-3-5-10(15)6-4-9)12(18)16-7-11-8-20-13(19)17-11/h3-6,8H,7,15H2,1-2H3,(H,16,18)(H,17,19). The number of carbonyl (C=O) groups is 1. The van der Waals surface area contributed by atoms with E-state index in [1.54, 1.807) is 17.5 Å². The maximum absolute atomic E-state index is 12.3. The highest BCUT2D eigenvalue weighted by atomic mass is 32.1. The minimum atomic E-state index is -0.663. The van der Waals surface area contributed by atoms with E-state index in [1.165, 1.54) is 0 Å². The zero-order chi connectivity index (χ0) is 14.8. The van der Waals surface area contributed by atoms with Gasteiger partial charge in [-0.05, 0) is 31.5 Å². The number of aromatic nitrogens is 1. The molecule has 0 saturated heterocycles. The second-order valence-corrected chi connectivity index (χ2v) is 5.95. The Kier molecular flexibility index (Phi) is 3.94. The maximum atomic E-state index is 12.3. The van der Waals surface area contributed by atoms with Gasteiger partial charge in [0.05, 0.1) is 12.0 Å². The van der Waals surface area contributed by atoms with Crippen LogP contribution in [0.4, 0.5) is 5.69 Å². The molecule has 0 aliphatic heterocycles. The third-order valence-electron chi connectivity index (χ3n) is 3.21. The van der Waals surface area contributed by atoms with Crippen LogP contribution in [0.1, 0.15) is 25.1 Å². The van der Waals surface area contributed by atoms with E-state index in [1.807, 2.05) is 26.0 Å². The first-order valence-corrected chi connectivity index (χ1v) is 7.08. The maximum Gasteiger partial charge on any atom is 0.304 e. The summed E-state index contributed by atoms with van der Waals surface area (Å²) in [6.07, 6.45) is 0. The molecule has 0 aliphatic carbocycles. The van der Waals surface area contributed by atoms with Crippen molar-refractivity contribution in [3.05, 3.63) is 50.6 Å². The minimum Gasteiger partial charge on any atom is -0.399 e. The molecule has 1 heterocycles. The SMILES string of the molecule is CC(C)(C(=O)NCc1csc(=O)[nH]1)c1ccc(N)cc1. The van der Waals surface area contributed by atoms with E-state index < -0.39 is 5.41 Å². The van der Waals surface area contributed by atoms with Crippen molar-refractivity contribution < 1.29 is 4.79 Å². The molecule has 0 bridgehead atoms. The molecule has 0 spiro atoms. The first-order chi connectivity index (χ1) is 9.39. The van der Waals surface area contributed by atoms with Crippen molar-refractivity contribution in [3.8, 4) is 0 Å². The normalized spacial score (nSPS) is 11.3. The number of carbonyl (C=O) groups excluding carboxylic acids is 1. The summed E-state index contributed by atoms with van der Waals surface area (Å²) in [7, 11) is 0. The van der Waals surface area contributed by atoms with Crippen molar-refractivity contribution in [1.29, 1.82) is 0 Å². The molecule has 0 unspecified atom stereocenters. The van der Waals surface area contributed by atoms with Crippen LogP contribution in [0.3, 0.4) is 0 Å². The van der Waals surface area contributed by atoms with Crippen LogP contribution in [-0.2, 0) is 16.8 Å². The summed E-state index contributed by atoms with van der Waals surface area (Å²) in [5.41, 5.74) is 7.26. The third-order valence-corrected chi connectivity index (χ3v) is 3.93. The fraction of sp³-hybridized carbons (Fsp3) is 0.286. The first-order valence-electron chi connectivity index (χ1n) is 6.20. The summed E-state index contributed by atoms with van der Waals surface area (Å²) < 4.78 is 0. The molecule has 20 heavy (non-hydrogen) atoms. The van der Waals surface area contributed by atoms with E-state index in [2.05, 4.69) is 10.3 Å². The van der Waals surface area contributed by atoms with Crippen molar-refractivity contribution in [2.45, 2.75) is 25.8 Å². The Morgan fingerprint density at radius 3 is 2.55 bits per heavy atom. The summed E-state index contributed by atoms with van der Waals surface area (Å²) in [6, 6.07) is 7.25. The monoisotopic (exact) mass is 291 g/mol. The van der Waals surface area contributed by atoms with Gasteiger partial charge in [0.15, 0.2) is 0 Å². The van der Waals surface area contributed by atoms with Crippen LogP contribution >= 0.6 is 11.3 Å². The zero-order valence-electron chi connectivity index (χ0n) is 11.4. The lowest BCUT2D eigenvalue weighted by atomic mass is 9.83. The van der Waals surface area contributed by atoms with Crippen molar-refractivity contribution >= 4 is 22.9 Å². The molecule has 1 amide bonds. The molecule has 2 rings (SSSR count). The molecule has 0 radical (unpaired) electrons. The molecular weight excluding hydrogens is 274 g/mol. The molecule has 5 nitrogen and oxygen atoms in total. The Labute approximate surface area is 120 Å². The summed E-state index contributed by atoms with van der Waals surface area (Å²) in [5, 5.41) is 4.54. The first kappa shape index (κ1) is 14.3. The number of H-pyrrole nitrogens is 1. The predicted octanol–water partition coefficient (Wildman–Crippen LogP) is 1.61. The molecule has 0 aliphatic rings. The van der Waals surface area contributed by atoms with Gasteiger partial charge in [0.25, 0.3) is 0 Å². The van der Waals surface area contributed by atoms with Crippen LogP contribution in [0.2, 0.25) is 0 Å². The number of nitrogens with two attached hydrogens (primary N) is 1. The van der Waals surface area contributed by atoms with Gasteiger partial charge in [-0.15, -0.1) is 0 Å². The van der Waals surface area contributed by atoms with Gasteiger partial charge in [0.1, 0.15) is 0 Å². The summed E-state index contributed by atoms with van der Waals surface area (Å²) >= 11 is 1.09. The van der Waals surface area contributed by atoms with E-state index in [-0.39, 0.29) is 10.8 Å². The Morgan fingerprint density at radius 2 is 2.00 bits per heavy atom. The summed E-state index contributed by atoms with van der Waals surface area (Å²) in [4.78, 5) is 25.9. The van der Waals surface area contributed by atoms with Crippen LogP contribution < -0.4 is 15.9 Å². The lowest BCUT2D eigenvalue weighted by molar-refractivity contribution is -0.125. The smallest absolute Gasteiger partial charge is 0.304 e. The number of aromatic amines is 1. The number of nitrogen functional groups attached to an aromatic ring is 1. The van der Waals surface area contributed by atoms with E-state index in [9.17, 15) is 9.59 Å². The molecule has 1 aromatic carbocycles. The Morgan fingerprint density at radius 1 is 1.35 bits per heavy atom. The lowest BCUT2D eigenvalue weighted by Crippen LogP contribution is -2.39. The fourth-order valence-electron chi connectivity index (χ4n) is 1.83. The van der Waals surface area contributed by atoms with E-state index in [0.29, 0.717) is 17.9 Å². The highest BCUT2D eigenvalue weighted by Gasteiger charge is 2.29. The summed E-state index contributed by atoms with van der Waals surface area (Å²) in [6.45, 7) is 4.02. The van der Waals surface area contributed by atoms with Crippen molar-refractivity contribution in [3.63, 3.8) is 0 Å². The van der Waals surface area contributed by atoms with Gasteiger partial charge in [-0.2, -0.15) is 0 Å². The van der Waals surface area contributed by atoms with E-state index in [4.69, 9.17) is 5.73 Å². The van der Waals surface area contributed by atoms with Gasteiger partial charge in [-0.25, -0.2) is 0 Å². The predicted molar refractivity (Wildman–Crippen MR) is 80.7 cm³/mol. The number of amides is 1. The van der Waals surface area contributed by atoms with Crippen LogP contribution in [0.15, 0.2) is 34.4 Å². The fourth-order valence-corrected chi connectivity index (χ4v) is 2.41. The van der Waals surface area contributed by atoms with Crippen LogP contribution in [0.5, 0.6) is 0 Å². The molecule has 0 fully saturated rings. The number of hydrogen-bond donors (Lipinski definition) is 3. The van der Waals surface area contributed by atoms with Crippen LogP contribution in [0.25, 0.3) is 0 Å². The van der Waals surface area contributed by atoms with Gasteiger partial charge in [0, 0.05) is 16.8 Å². The highest BCUT2D eigenvalue weighted by molar-refractivity contribution is 7.07. The number of nitrogens with one attached hydrogen (secondary N) is 2. The Bertz CT molecular complexity index is 656. The third kappa shape index (κ3) is 3.08. The molecule has 2 aromatic rings. The molecule has 6 heteroatoms. The Hall–Kier alpha value is -2.08. The second kappa shape index (κ2) is 5.50. The topological polar surface area (TPSA) is 88.0 Å². The molecular formula is C14H17N3O2S. The molecule has 4 N–H and O–H groups in total. The van der Waals surface area contributed by atoms with Crippen molar-refractivity contribution in [2.24, 2.45) is 0 Å². The average molecular weight is 291 g/mol. The molecule has 0 atom stereocenters.